The van der Waals surface area contributed by atoms with Crippen molar-refractivity contribution in [2.75, 3.05) is 6.54 Å². The van der Waals surface area contributed by atoms with E-state index in [9.17, 15) is 4.79 Å². The molecule has 0 rings (SSSR count). The summed E-state index contributed by atoms with van der Waals surface area (Å²) < 4.78 is 0. The molecule has 0 spiro atoms. The van der Waals surface area contributed by atoms with Crippen LogP contribution < -0.4 is 5.32 Å². The standard InChI is InChI=1S/C15H29NO/c1-4-6-7-8-9-10-11-12-14(3)13-16-15(17)5-2/h5,14H,2,4,6-13H2,1,3H3,(H,16,17). The van der Waals surface area contributed by atoms with Crippen molar-refractivity contribution in [2.24, 2.45) is 5.92 Å². The minimum atomic E-state index is -0.0589. The molecule has 100 valence electrons. The van der Waals surface area contributed by atoms with Gasteiger partial charge < -0.3 is 5.32 Å². The highest BCUT2D eigenvalue weighted by Gasteiger charge is 2.02. The van der Waals surface area contributed by atoms with Crippen molar-refractivity contribution < 1.29 is 4.79 Å². The Labute approximate surface area is 107 Å². The van der Waals surface area contributed by atoms with E-state index in [-0.39, 0.29) is 5.91 Å². The van der Waals surface area contributed by atoms with E-state index in [1.165, 1.54) is 57.4 Å². The zero-order valence-electron chi connectivity index (χ0n) is 11.6. The number of carbonyl (C=O) groups is 1. The third-order valence-corrected chi connectivity index (χ3v) is 3.11. The van der Waals surface area contributed by atoms with Gasteiger partial charge in [-0.15, -0.1) is 0 Å². The first-order valence-electron chi connectivity index (χ1n) is 7.11. The monoisotopic (exact) mass is 239 g/mol. The van der Waals surface area contributed by atoms with Gasteiger partial charge in [-0.05, 0) is 18.4 Å². The Hall–Kier alpha value is -0.790. The Morgan fingerprint density at radius 3 is 2.35 bits per heavy atom. The Kier molecular flexibility index (Phi) is 11.1. The largest absolute Gasteiger partial charge is 0.352 e. The van der Waals surface area contributed by atoms with Crippen LogP contribution in [0.3, 0.4) is 0 Å². The van der Waals surface area contributed by atoms with E-state index >= 15 is 0 Å². The van der Waals surface area contributed by atoms with Crippen LogP contribution in [0.1, 0.15) is 65.2 Å². The lowest BCUT2D eigenvalue weighted by atomic mass is 10.0. The summed E-state index contributed by atoms with van der Waals surface area (Å²) in [6, 6.07) is 0. The van der Waals surface area contributed by atoms with Crippen LogP contribution in [0.25, 0.3) is 0 Å². The molecule has 0 aromatic rings. The second-order valence-corrected chi connectivity index (χ2v) is 4.96. The van der Waals surface area contributed by atoms with E-state index in [1.54, 1.807) is 0 Å². The van der Waals surface area contributed by atoms with Crippen LogP contribution in [0, 0.1) is 5.92 Å². The Morgan fingerprint density at radius 1 is 1.18 bits per heavy atom. The van der Waals surface area contributed by atoms with Crippen LogP contribution in [0.15, 0.2) is 12.7 Å². The second kappa shape index (κ2) is 11.7. The maximum absolute atomic E-state index is 11.0. The molecule has 0 saturated carbocycles. The van der Waals surface area contributed by atoms with Gasteiger partial charge in [0.25, 0.3) is 0 Å². The SMILES string of the molecule is C=CC(=O)NCC(C)CCCCCCCCC. The highest BCUT2D eigenvalue weighted by Crippen LogP contribution is 2.12. The topological polar surface area (TPSA) is 29.1 Å². The minimum Gasteiger partial charge on any atom is -0.352 e. The fourth-order valence-corrected chi connectivity index (χ4v) is 1.90. The van der Waals surface area contributed by atoms with E-state index < -0.39 is 0 Å². The van der Waals surface area contributed by atoms with Crippen LogP contribution >= 0.6 is 0 Å². The molecule has 1 amide bonds. The summed E-state index contributed by atoms with van der Waals surface area (Å²) in [5.41, 5.74) is 0. The smallest absolute Gasteiger partial charge is 0.243 e. The number of amides is 1. The normalized spacial score (nSPS) is 12.1. The van der Waals surface area contributed by atoms with Crippen LogP contribution in [0.5, 0.6) is 0 Å². The van der Waals surface area contributed by atoms with Crippen molar-refractivity contribution in [1.82, 2.24) is 5.32 Å². The third-order valence-electron chi connectivity index (χ3n) is 3.11. The summed E-state index contributed by atoms with van der Waals surface area (Å²) in [4.78, 5) is 11.0. The van der Waals surface area contributed by atoms with E-state index in [0.717, 1.165) is 6.54 Å². The van der Waals surface area contributed by atoms with Gasteiger partial charge in [-0.25, -0.2) is 0 Å². The number of rotatable bonds is 11. The molecule has 2 heteroatoms. The van der Waals surface area contributed by atoms with Gasteiger partial charge >= 0.3 is 0 Å². The first kappa shape index (κ1) is 16.2. The number of nitrogens with one attached hydrogen (secondary N) is 1. The quantitative estimate of drug-likeness (QED) is 0.427. The number of hydrogen-bond donors (Lipinski definition) is 1. The van der Waals surface area contributed by atoms with Crippen molar-refractivity contribution in [3.8, 4) is 0 Å². The molecule has 2 nitrogen and oxygen atoms in total. The molecule has 0 radical (unpaired) electrons. The molecule has 0 aliphatic rings. The van der Waals surface area contributed by atoms with Crippen molar-refractivity contribution in [1.29, 1.82) is 0 Å². The van der Waals surface area contributed by atoms with E-state index in [0.29, 0.717) is 5.92 Å². The van der Waals surface area contributed by atoms with Crippen molar-refractivity contribution in [2.45, 2.75) is 65.2 Å². The zero-order chi connectivity index (χ0) is 12.9. The van der Waals surface area contributed by atoms with Gasteiger partial charge in [0.2, 0.25) is 5.91 Å². The molecule has 0 heterocycles. The predicted molar refractivity (Wildman–Crippen MR) is 75.0 cm³/mol. The third kappa shape index (κ3) is 11.5. The van der Waals surface area contributed by atoms with Gasteiger partial charge in [0.05, 0.1) is 0 Å². The molecular weight excluding hydrogens is 210 g/mol. The molecule has 1 N–H and O–H groups in total. The zero-order valence-corrected chi connectivity index (χ0v) is 11.6. The van der Waals surface area contributed by atoms with Crippen LogP contribution in [-0.4, -0.2) is 12.5 Å². The fourth-order valence-electron chi connectivity index (χ4n) is 1.90. The predicted octanol–water partition coefficient (Wildman–Crippen LogP) is 4.07. The molecule has 0 aromatic carbocycles. The van der Waals surface area contributed by atoms with Crippen LogP contribution in [-0.2, 0) is 4.79 Å². The minimum absolute atomic E-state index is 0.0589. The fraction of sp³-hybridized carbons (Fsp3) is 0.800. The molecule has 1 atom stereocenters. The molecular formula is C15H29NO. The summed E-state index contributed by atoms with van der Waals surface area (Å²) in [5.74, 6) is 0.519. The van der Waals surface area contributed by atoms with Gasteiger partial charge in [0.1, 0.15) is 0 Å². The van der Waals surface area contributed by atoms with Crippen molar-refractivity contribution in [3.63, 3.8) is 0 Å². The number of unbranched alkanes of at least 4 members (excludes halogenated alkanes) is 6. The Balaban J connectivity index is 3.24. The van der Waals surface area contributed by atoms with Gasteiger partial charge in [-0.3, -0.25) is 4.79 Å². The van der Waals surface area contributed by atoms with Gasteiger partial charge in [-0.1, -0.05) is 65.4 Å². The van der Waals surface area contributed by atoms with E-state index in [1.807, 2.05) is 0 Å². The highest BCUT2D eigenvalue weighted by molar-refractivity contribution is 5.86. The summed E-state index contributed by atoms with van der Waals surface area (Å²) in [7, 11) is 0. The van der Waals surface area contributed by atoms with Crippen LogP contribution in [0.2, 0.25) is 0 Å². The summed E-state index contributed by atoms with van der Waals surface area (Å²) >= 11 is 0. The lowest BCUT2D eigenvalue weighted by molar-refractivity contribution is -0.116. The molecule has 0 aliphatic heterocycles. The lowest BCUT2D eigenvalue weighted by Crippen LogP contribution is -2.26. The van der Waals surface area contributed by atoms with Gasteiger partial charge in [0.15, 0.2) is 0 Å². The highest BCUT2D eigenvalue weighted by atomic mass is 16.1. The number of carbonyl (C=O) groups excluding carboxylic acids is 1. The molecule has 0 aromatic heterocycles. The molecule has 0 aliphatic carbocycles. The summed E-state index contributed by atoms with van der Waals surface area (Å²) in [6.07, 6.45) is 12.0. The molecule has 0 bridgehead atoms. The average molecular weight is 239 g/mol. The Bertz CT molecular complexity index is 201. The summed E-state index contributed by atoms with van der Waals surface area (Å²) in [6.45, 7) is 8.66. The molecule has 0 saturated heterocycles. The second-order valence-electron chi connectivity index (χ2n) is 4.96. The van der Waals surface area contributed by atoms with Crippen molar-refractivity contribution in [3.05, 3.63) is 12.7 Å². The van der Waals surface area contributed by atoms with Gasteiger partial charge in [-0.2, -0.15) is 0 Å². The lowest BCUT2D eigenvalue weighted by Gasteiger charge is -2.11. The molecule has 0 fully saturated rings. The van der Waals surface area contributed by atoms with E-state index in [4.69, 9.17) is 0 Å². The summed E-state index contributed by atoms with van der Waals surface area (Å²) in [5, 5.41) is 2.84. The first-order valence-corrected chi connectivity index (χ1v) is 7.11. The maximum atomic E-state index is 11.0. The number of hydrogen-bond acceptors (Lipinski definition) is 1. The first-order chi connectivity index (χ1) is 8.20. The van der Waals surface area contributed by atoms with Gasteiger partial charge in [0, 0.05) is 6.54 Å². The van der Waals surface area contributed by atoms with Crippen LogP contribution in [0.4, 0.5) is 0 Å². The molecule has 17 heavy (non-hydrogen) atoms. The van der Waals surface area contributed by atoms with Crippen molar-refractivity contribution >= 4 is 5.91 Å². The maximum Gasteiger partial charge on any atom is 0.243 e. The van der Waals surface area contributed by atoms with E-state index in [2.05, 4.69) is 25.7 Å². The average Bonchev–Trinajstić information content (AvgIpc) is 2.34. The Morgan fingerprint density at radius 2 is 1.76 bits per heavy atom. The molecule has 1 unspecified atom stereocenters.